The minimum Gasteiger partial charge on any atom is -0.493 e. The van der Waals surface area contributed by atoms with Crippen LogP contribution >= 0.6 is 0 Å². The Hall–Kier alpha value is -2.24. The van der Waals surface area contributed by atoms with Crippen molar-refractivity contribution in [2.45, 2.75) is 25.3 Å². The molecule has 112 valence electrons. The van der Waals surface area contributed by atoms with Crippen LogP contribution in [0.2, 0.25) is 0 Å². The van der Waals surface area contributed by atoms with E-state index in [9.17, 15) is 9.59 Å². The third-order valence-electron chi connectivity index (χ3n) is 4.16. The second kappa shape index (κ2) is 5.27. The van der Waals surface area contributed by atoms with E-state index in [2.05, 4.69) is 10.6 Å². The van der Waals surface area contributed by atoms with Crippen LogP contribution in [-0.4, -0.2) is 30.3 Å². The van der Waals surface area contributed by atoms with E-state index < -0.39 is 11.4 Å². The van der Waals surface area contributed by atoms with Crippen LogP contribution in [0.3, 0.4) is 0 Å². The first kappa shape index (κ1) is 13.7. The first-order chi connectivity index (χ1) is 10.1. The van der Waals surface area contributed by atoms with Crippen LogP contribution in [0.5, 0.6) is 5.75 Å². The monoisotopic (exact) mass is 290 g/mol. The number of ether oxygens (including phenoxy) is 1. The molecule has 0 spiro atoms. The zero-order valence-corrected chi connectivity index (χ0v) is 11.6. The molecule has 0 saturated heterocycles. The Bertz CT molecular complexity index is 569. The number of aliphatic carboxylic acids is 1. The fraction of sp³-hybridized carbons (Fsp3) is 0.467. The van der Waals surface area contributed by atoms with Crippen LogP contribution in [-0.2, 0) is 4.79 Å². The number of hydrogen-bond donors (Lipinski definition) is 3. The number of nitrogens with one attached hydrogen (secondary N) is 2. The standard InChI is InChI=1S/C15H18N2O4/c18-13(19)15(6-7-15)9-16-14(20)17-11-5-8-21-12-4-2-1-3-10(11)12/h1-4,11H,5-9H2,(H,18,19)(H2,16,17,20). The molecule has 1 aromatic rings. The van der Waals surface area contributed by atoms with Crippen molar-refractivity contribution in [2.24, 2.45) is 5.41 Å². The van der Waals surface area contributed by atoms with Gasteiger partial charge in [0, 0.05) is 18.5 Å². The number of fused-ring (bicyclic) bond motifs is 1. The van der Waals surface area contributed by atoms with Gasteiger partial charge in [0.05, 0.1) is 18.1 Å². The van der Waals surface area contributed by atoms with E-state index in [-0.39, 0.29) is 18.6 Å². The first-order valence-corrected chi connectivity index (χ1v) is 7.10. The lowest BCUT2D eigenvalue weighted by molar-refractivity contribution is -0.143. The maximum absolute atomic E-state index is 12.0. The molecule has 3 N–H and O–H groups in total. The normalized spacial score (nSPS) is 21.6. The van der Waals surface area contributed by atoms with Crippen molar-refractivity contribution >= 4 is 12.0 Å². The molecule has 1 atom stereocenters. The Morgan fingerprint density at radius 3 is 2.81 bits per heavy atom. The summed E-state index contributed by atoms with van der Waals surface area (Å²) < 4.78 is 5.54. The van der Waals surface area contributed by atoms with Gasteiger partial charge in [0.25, 0.3) is 0 Å². The third-order valence-corrected chi connectivity index (χ3v) is 4.16. The predicted molar refractivity (Wildman–Crippen MR) is 75.1 cm³/mol. The maximum atomic E-state index is 12.0. The largest absolute Gasteiger partial charge is 0.493 e. The zero-order chi connectivity index (χ0) is 14.9. The Labute approximate surface area is 122 Å². The molecule has 1 aliphatic carbocycles. The van der Waals surface area contributed by atoms with Gasteiger partial charge in [-0.1, -0.05) is 18.2 Å². The van der Waals surface area contributed by atoms with Crippen LogP contribution in [0.4, 0.5) is 4.79 Å². The van der Waals surface area contributed by atoms with Crippen molar-refractivity contribution in [1.29, 1.82) is 0 Å². The summed E-state index contributed by atoms with van der Waals surface area (Å²) in [4.78, 5) is 23.0. The number of rotatable bonds is 4. The summed E-state index contributed by atoms with van der Waals surface area (Å²) in [5.41, 5.74) is 0.212. The zero-order valence-electron chi connectivity index (χ0n) is 11.6. The van der Waals surface area contributed by atoms with Gasteiger partial charge >= 0.3 is 12.0 Å². The number of urea groups is 1. The molecule has 1 saturated carbocycles. The molecule has 0 aromatic heterocycles. The van der Waals surface area contributed by atoms with Crippen molar-refractivity contribution in [3.63, 3.8) is 0 Å². The minimum absolute atomic E-state index is 0.102. The summed E-state index contributed by atoms with van der Waals surface area (Å²) in [6.45, 7) is 0.736. The fourth-order valence-electron chi connectivity index (χ4n) is 2.57. The molecule has 6 nitrogen and oxygen atoms in total. The number of carbonyl (C=O) groups is 2. The van der Waals surface area contributed by atoms with Gasteiger partial charge in [0.2, 0.25) is 0 Å². The fourth-order valence-corrected chi connectivity index (χ4v) is 2.57. The molecule has 1 aromatic carbocycles. The molecular weight excluding hydrogens is 272 g/mol. The van der Waals surface area contributed by atoms with E-state index in [0.717, 1.165) is 11.3 Å². The van der Waals surface area contributed by atoms with Gasteiger partial charge in [-0.3, -0.25) is 4.79 Å². The van der Waals surface area contributed by atoms with E-state index in [1.807, 2.05) is 24.3 Å². The highest BCUT2D eigenvalue weighted by atomic mass is 16.5. The highest BCUT2D eigenvalue weighted by molar-refractivity contribution is 5.80. The average molecular weight is 290 g/mol. The smallest absolute Gasteiger partial charge is 0.315 e. The van der Waals surface area contributed by atoms with Gasteiger partial charge in [0.15, 0.2) is 0 Å². The topological polar surface area (TPSA) is 87.7 Å². The lowest BCUT2D eigenvalue weighted by Gasteiger charge is -2.26. The number of carboxylic acid groups (broad SMARTS) is 1. The Morgan fingerprint density at radius 2 is 2.10 bits per heavy atom. The number of carboxylic acids is 1. The Balaban J connectivity index is 1.58. The van der Waals surface area contributed by atoms with Gasteiger partial charge in [0.1, 0.15) is 5.75 Å². The van der Waals surface area contributed by atoms with E-state index in [0.29, 0.717) is 25.9 Å². The highest BCUT2D eigenvalue weighted by Crippen LogP contribution is 2.45. The predicted octanol–water partition coefficient (Wildman–Crippen LogP) is 1.67. The molecule has 0 bridgehead atoms. The molecule has 6 heteroatoms. The molecule has 1 heterocycles. The van der Waals surface area contributed by atoms with Crippen molar-refractivity contribution in [1.82, 2.24) is 10.6 Å². The van der Waals surface area contributed by atoms with Crippen LogP contribution in [0.15, 0.2) is 24.3 Å². The van der Waals surface area contributed by atoms with Crippen molar-refractivity contribution in [2.75, 3.05) is 13.2 Å². The lowest BCUT2D eigenvalue weighted by Crippen LogP contribution is -2.43. The number of amides is 2. The van der Waals surface area contributed by atoms with Crippen molar-refractivity contribution < 1.29 is 19.4 Å². The number of para-hydroxylation sites is 1. The lowest BCUT2D eigenvalue weighted by atomic mass is 10.0. The van der Waals surface area contributed by atoms with Crippen LogP contribution in [0.25, 0.3) is 0 Å². The SMILES string of the molecule is O=C(NCC1(C(=O)O)CC1)NC1CCOc2ccccc21. The first-order valence-electron chi connectivity index (χ1n) is 7.10. The average Bonchev–Trinajstić information content (AvgIpc) is 3.27. The van der Waals surface area contributed by atoms with Gasteiger partial charge in [-0.05, 0) is 18.9 Å². The molecule has 0 radical (unpaired) electrons. The van der Waals surface area contributed by atoms with E-state index in [1.54, 1.807) is 0 Å². The van der Waals surface area contributed by atoms with Crippen LogP contribution in [0, 0.1) is 5.41 Å². The Kier molecular flexibility index (Phi) is 3.45. The molecule has 1 aliphatic heterocycles. The summed E-state index contributed by atoms with van der Waals surface area (Å²) >= 11 is 0. The maximum Gasteiger partial charge on any atom is 0.315 e. The number of benzene rings is 1. The van der Waals surface area contributed by atoms with Crippen molar-refractivity contribution in [3.8, 4) is 5.75 Å². The van der Waals surface area contributed by atoms with E-state index in [1.165, 1.54) is 0 Å². The molecule has 2 aliphatic rings. The second-order valence-electron chi connectivity index (χ2n) is 5.64. The van der Waals surface area contributed by atoms with Gasteiger partial charge in [-0.25, -0.2) is 4.79 Å². The van der Waals surface area contributed by atoms with Gasteiger partial charge in [-0.15, -0.1) is 0 Å². The summed E-state index contributed by atoms with van der Waals surface area (Å²) in [5, 5.41) is 14.6. The molecular formula is C15H18N2O4. The third kappa shape index (κ3) is 2.79. The summed E-state index contributed by atoms with van der Waals surface area (Å²) in [6, 6.07) is 7.18. The van der Waals surface area contributed by atoms with Crippen molar-refractivity contribution in [3.05, 3.63) is 29.8 Å². The second-order valence-corrected chi connectivity index (χ2v) is 5.64. The molecule has 1 unspecified atom stereocenters. The summed E-state index contributed by atoms with van der Waals surface area (Å²) in [5.74, 6) is -0.0440. The molecule has 3 rings (SSSR count). The minimum atomic E-state index is -0.834. The van der Waals surface area contributed by atoms with Crippen LogP contribution < -0.4 is 15.4 Å². The van der Waals surface area contributed by atoms with E-state index in [4.69, 9.17) is 9.84 Å². The molecule has 21 heavy (non-hydrogen) atoms. The quantitative estimate of drug-likeness (QED) is 0.787. The van der Waals surface area contributed by atoms with Crippen LogP contribution in [0.1, 0.15) is 30.9 Å². The summed E-state index contributed by atoms with van der Waals surface area (Å²) in [6.07, 6.45) is 1.96. The Morgan fingerprint density at radius 1 is 1.33 bits per heavy atom. The molecule has 1 fully saturated rings. The summed E-state index contributed by atoms with van der Waals surface area (Å²) in [7, 11) is 0. The number of hydrogen-bond acceptors (Lipinski definition) is 3. The van der Waals surface area contributed by atoms with Gasteiger partial charge < -0.3 is 20.5 Å². The van der Waals surface area contributed by atoms with Gasteiger partial charge in [-0.2, -0.15) is 0 Å². The number of carbonyl (C=O) groups excluding carboxylic acids is 1. The molecule has 2 amide bonds. The highest BCUT2D eigenvalue weighted by Gasteiger charge is 2.50. The van der Waals surface area contributed by atoms with E-state index >= 15 is 0 Å².